The van der Waals surface area contributed by atoms with Crippen LogP contribution < -0.4 is 5.32 Å². The van der Waals surface area contributed by atoms with Crippen molar-refractivity contribution in [1.29, 1.82) is 0 Å². The average Bonchev–Trinajstić information content (AvgIpc) is 2.93. The molecule has 1 fully saturated rings. The highest BCUT2D eigenvalue weighted by Crippen LogP contribution is 2.24. The van der Waals surface area contributed by atoms with Crippen LogP contribution in [0.5, 0.6) is 0 Å². The third-order valence-electron chi connectivity index (χ3n) is 3.47. The summed E-state index contributed by atoms with van der Waals surface area (Å²) in [5.74, 6) is 0.00287. The largest absolute Gasteiger partial charge is 0.368 e. The number of amides is 1. The van der Waals surface area contributed by atoms with Gasteiger partial charge in [0.25, 0.3) is 5.91 Å². The molecule has 3 nitrogen and oxygen atoms in total. The van der Waals surface area contributed by atoms with E-state index >= 15 is 0 Å². The zero-order valence-corrected chi connectivity index (χ0v) is 11.2. The number of para-hydroxylation sites is 1. The second kappa shape index (κ2) is 6.01. The molecule has 1 amide bonds. The number of nitrogens with one attached hydrogen (secondary N) is 1. The Kier molecular flexibility index (Phi) is 4.37. The molecule has 3 heteroatoms. The van der Waals surface area contributed by atoms with Crippen molar-refractivity contribution in [1.82, 2.24) is 0 Å². The van der Waals surface area contributed by atoms with Gasteiger partial charge in [-0.15, -0.1) is 0 Å². The Morgan fingerprint density at radius 2 is 2.00 bits per heavy atom. The van der Waals surface area contributed by atoms with Crippen molar-refractivity contribution in [3.63, 3.8) is 0 Å². The molecule has 1 N–H and O–H groups in total. The van der Waals surface area contributed by atoms with Gasteiger partial charge in [-0.3, -0.25) is 4.79 Å². The number of carbonyl (C=O) groups excluding carboxylic acids is 1. The molecule has 1 aromatic carbocycles. The van der Waals surface area contributed by atoms with Crippen LogP contribution in [-0.2, 0) is 22.4 Å². The van der Waals surface area contributed by atoms with E-state index in [0.29, 0.717) is 6.61 Å². The third-order valence-corrected chi connectivity index (χ3v) is 3.47. The Labute approximate surface area is 109 Å². The summed E-state index contributed by atoms with van der Waals surface area (Å²) in [6.45, 7) is 4.92. The van der Waals surface area contributed by atoms with Crippen molar-refractivity contribution < 1.29 is 9.53 Å². The van der Waals surface area contributed by atoms with Crippen molar-refractivity contribution in [2.45, 2.75) is 45.6 Å². The SMILES string of the molecule is CCc1cccc(CC)c1NC(=O)[C@H]1CCCO1. The lowest BCUT2D eigenvalue weighted by Gasteiger charge is -2.16. The van der Waals surface area contributed by atoms with Crippen LogP contribution in [0.25, 0.3) is 0 Å². The quantitative estimate of drug-likeness (QED) is 0.888. The first-order valence-electron chi connectivity index (χ1n) is 6.79. The molecule has 0 saturated carbocycles. The van der Waals surface area contributed by atoms with E-state index in [9.17, 15) is 4.79 Å². The van der Waals surface area contributed by atoms with Gasteiger partial charge in [0.15, 0.2) is 0 Å². The second-order valence-corrected chi connectivity index (χ2v) is 4.65. The first-order chi connectivity index (χ1) is 8.76. The molecule has 0 unspecified atom stereocenters. The van der Waals surface area contributed by atoms with Gasteiger partial charge in [0.05, 0.1) is 0 Å². The molecule has 2 rings (SSSR count). The van der Waals surface area contributed by atoms with E-state index in [-0.39, 0.29) is 12.0 Å². The maximum absolute atomic E-state index is 12.1. The minimum absolute atomic E-state index is 0.00287. The maximum Gasteiger partial charge on any atom is 0.253 e. The van der Waals surface area contributed by atoms with Crippen molar-refractivity contribution >= 4 is 11.6 Å². The second-order valence-electron chi connectivity index (χ2n) is 4.65. The van der Waals surface area contributed by atoms with Crippen LogP contribution in [0.1, 0.15) is 37.8 Å². The minimum atomic E-state index is -0.264. The van der Waals surface area contributed by atoms with Crippen molar-refractivity contribution in [2.24, 2.45) is 0 Å². The summed E-state index contributed by atoms with van der Waals surface area (Å²) < 4.78 is 5.42. The number of hydrogen-bond acceptors (Lipinski definition) is 2. The van der Waals surface area contributed by atoms with Gasteiger partial charge in [0.2, 0.25) is 0 Å². The highest BCUT2D eigenvalue weighted by atomic mass is 16.5. The number of hydrogen-bond donors (Lipinski definition) is 1. The lowest BCUT2D eigenvalue weighted by molar-refractivity contribution is -0.124. The molecule has 98 valence electrons. The van der Waals surface area contributed by atoms with Gasteiger partial charge in [-0.1, -0.05) is 32.0 Å². The summed E-state index contributed by atoms with van der Waals surface area (Å²) in [5.41, 5.74) is 3.38. The summed E-state index contributed by atoms with van der Waals surface area (Å²) >= 11 is 0. The van der Waals surface area contributed by atoms with Gasteiger partial charge >= 0.3 is 0 Å². The van der Waals surface area contributed by atoms with Crippen LogP contribution in [0.2, 0.25) is 0 Å². The van der Waals surface area contributed by atoms with Gasteiger partial charge in [0.1, 0.15) is 6.10 Å². The van der Waals surface area contributed by atoms with E-state index in [1.54, 1.807) is 0 Å². The topological polar surface area (TPSA) is 38.3 Å². The van der Waals surface area contributed by atoms with E-state index in [1.165, 1.54) is 11.1 Å². The third kappa shape index (κ3) is 2.72. The highest BCUT2D eigenvalue weighted by molar-refractivity contribution is 5.95. The number of rotatable bonds is 4. The van der Waals surface area contributed by atoms with Crippen LogP contribution in [0.3, 0.4) is 0 Å². The van der Waals surface area contributed by atoms with Crippen LogP contribution in [0.4, 0.5) is 5.69 Å². The Bertz CT molecular complexity index is 400. The van der Waals surface area contributed by atoms with E-state index < -0.39 is 0 Å². The fourth-order valence-corrected chi connectivity index (χ4v) is 2.39. The number of anilines is 1. The molecule has 0 radical (unpaired) electrons. The number of ether oxygens (including phenoxy) is 1. The molecular weight excluding hydrogens is 226 g/mol. The van der Waals surface area contributed by atoms with Crippen molar-refractivity contribution in [3.05, 3.63) is 29.3 Å². The zero-order valence-electron chi connectivity index (χ0n) is 11.2. The minimum Gasteiger partial charge on any atom is -0.368 e. The van der Waals surface area contributed by atoms with Gasteiger partial charge in [-0.25, -0.2) is 0 Å². The Hall–Kier alpha value is -1.35. The van der Waals surface area contributed by atoms with Crippen LogP contribution in [0, 0.1) is 0 Å². The number of benzene rings is 1. The summed E-state index contributed by atoms with van der Waals surface area (Å²) in [5, 5.41) is 3.06. The lowest BCUT2D eigenvalue weighted by Crippen LogP contribution is -2.27. The molecule has 0 spiro atoms. The predicted molar refractivity (Wildman–Crippen MR) is 72.8 cm³/mol. The van der Waals surface area contributed by atoms with Gasteiger partial charge in [0, 0.05) is 12.3 Å². The molecule has 0 aliphatic carbocycles. The average molecular weight is 247 g/mol. The molecule has 18 heavy (non-hydrogen) atoms. The first-order valence-corrected chi connectivity index (χ1v) is 6.79. The smallest absolute Gasteiger partial charge is 0.253 e. The fraction of sp³-hybridized carbons (Fsp3) is 0.533. The molecule has 1 aliphatic rings. The van der Waals surface area contributed by atoms with Crippen molar-refractivity contribution in [2.75, 3.05) is 11.9 Å². The summed E-state index contributed by atoms with van der Waals surface area (Å²) in [6.07, 6.45) is 3.40. The Morgan fingerprint density at radius 3 is 2.50 bits per heavy atom. The monoisotopic (exact) mass is 247 g/mol. The zero-order chi connectivity index (χ0) is 13.0. The summed E-state index contributed by atoms with van der Waals surface area (Å²) in [4.78, 5) is 12.1. The maximum atomic E-state index is 12.1. The number of aryl methyl sites for hydroxylation is 2. The molecule has 0 bridgehead atoms. The van der Waals surface area contributed by atoms with Gasteiger partial charge in [-0.05, 0) is 36.8 Å². The molecule has 1 aliphatic heterocycles. The molecule has 1 atom stereocenters. The van der Waals surface area contributed by atoms with Gasteiger partial charge in [-0.2, -0.15) is 0 Å². The molecule has 1 heterocycles. The van der Waals surface area contributed by atoms with Crippen LogP contribution in [-0.4, -0.2) is 18.6 Å². The normalized spacial score (nSPS) is 18.9. The lowest BCUT2D eigenvalue weighted by atomic mass is 10.0. The Balaban J connectivity index is 2.18. The molecule has 1 saturated heterocycles. The van der Waals surface area contributed by atoms with E-state index in [1.807, 2.05) is 0 Å². The van der Waals surface area contributed by atoms with Crippen LogP contribution in [0.15, 0.2) is 18.2 Å². The van der Waals surface area contributed by atoms with E-state index in [2.05, 4.69) is 37.4 Å². The summed E-state index contributed by atoms with van der Waals surface area (Å²) in [7, 11) is 0. The van der Waals surface area contributed by atoms with Crippen LogP contribution >= 0.6 is 0 Å². The van der Waals surface area contributed by atoms with Crippen molar-refractivity contribution in [3.8, 4) is 0 Å². The van der Waals surface area contributed by atoms with E-state index in [0.717, 1.165) is 31.4 Å². The standard InChI is InChI=1S/C15H21NO2/c1-3-11-7-5-8-12(4-2)14(11)16-15(17)13-9-6-10-18-13/h5,7-8,13H,3-4,6,9-10H2,1-2H3,(H,16,17)/t13-/m1/s1. The first kappa shape index (κ1) is 13.1. The summed E-state index contributed by atoms with van der Waals surface area (Å²) in [6, 6.07) is 6.20. The predicted octanol–water partition coefficient (Wildman–Crippen LogP) is 2.93. The fourth-order valence-electron chi connectivity index (χ4n) is 2.39. The highest BCUT2D eigenvalue weighted by Gasteiger charge is 2.24. The molecule has 0 aromatic heterocycles. The molecule has 1 aromatic rings. The number of carbonyl (C=O) groups is 1. The van der Waals surface area contributed by atoms with E-state index in [4.69, 9.17) is 4.74 Å². The Morgan fingerprint density at radius 1 is 1.33 bits per heavy atom. The molecular formula is C15H21NO2. The van der Waals surface area contributed by atoms with Gasteiger partial charge < -0.3 is 10.1 Å².